The maximum absolute atomic E-state index is 12.1. The second-order valence-electron chi connectivity index (χ2n) is 4.80. The number of pyridine rings is 1. The van der Waals surface area contributed by atoms with Gasteiger partial charge in [-0.15, -0.1) is 6.58 Å². The molecule has 0 spiro atoms. The molecule has 1 heterocycles. The van der Waals surface area contributed by atoms with Crippen molar-refractivity contribution in [2.45, 2.75) is 13.5 Å². The Labute approximate surface area is 124 Å². The lowest BCUT2D eigenvalue weighted by atomic mass is 10.1. The molecule has 0 atom stereocenters. The number of anilines is 1. The van der Waals surface area contributed by atoms with Gasteiger partial charge in [-0.25, -0.2) is 0 Å². The van der Waals surface area contributed by atoms with E-state index in [2.05, 4.69) is 22.2 Å². The molecule has 0 aliphatic rings. The molecule has 0 saturated heterocycles. The van der Waals surface area contributed by atoms with Crippen molar-refractivity contribution in [1.82, 2.24) is 10.3 Å². The molecule has 108 valence electrons. The van der Waals surface area contributed by atoms with E-state index < -0.39 is 0 Å². The van der Waals surface area contributed by atoms with Gasteiger partial charge in [-0.05, 0) is 18.6 Å². The summed E-state index contributed by atoms with van der Waals surface area (Å²) in [6.07, 6.45) is 4.99. The van der Waals surface area contributed by atoms with Crippen molar-refractivity contribution >= 4 is 11.6 Å². The van der Waals surface area contributed by atoms with E-state index in [1.54, 1.807) is 24.5 Å². The zero-order valence-electron chi connectivity index (χ0n) is 12.1. The summed E-state index contributed by atoms with van der Waals surface area (Å²) in [6, 6.07) is 9.86. The third kappa shape index (κ3) is 4.45. The first-order chi connectivity index (χ1) is 10.2. The minimum Gasteiger partial charge on any atom is -0.380 e. The predicted octanol–water partition coefficient (Wildman–Crippen LogP) is 2.92. The monoisotopic (exact) mass is 281 g/mol. The summed E-state index contributed by atoms with van der Waals surface area (Å²) in [5, 5.41) is 6.00. The molecule has 0 unspecified atom stereocenters. The Morgan fingerprint density at radius 3 is 2.76 bits per heavy atom. The lowest BCUT2D eigenvalue weighted by Crippen LogP contribution is -2.23. The second kappa shape index (κ2) is 7.24. The molecule has 1 aromatic carbocycles. The fourth-order valence-corrected chi connectivity index (χ4v) is 1.84. The Hall–Kier alpha value is -2.62. The first-order valence-corrected chi connectivity index (χ1v) is 6.82. The van der Waals surface area contributed by atoms with Crippen LogP contribution in [0.4, 0.5) is 5.69 Å². The molecule has 0 fully saturated rings. The number of aromatic nitrogens is 1. The van der Waals surface area contributed by atoms with E-state index in [0.717, 1.165) is 11.3 Å². The number of aryl methyl sites for hydroxylation is 1. The van der Waals surface area contributed by atoms with Crippen molar-refractivity contribution in [3.8, 4) is 0 Å². The number of carbonyl (C=O) groups excluding carboxylic acids is 1. The molecular weight excluding hydrogens is 262 g/mol. The fourth-order valence-electron chi connectivity index (χ4n) is 1.84. The quantitative estimate of drug-likeness (QED) is 0.800. The van der Waals surface area contributed by atoms with Crippen LogP contribution in [0.3, 0.4) is 0 Å². The van der Waals surface area contributed by atoms with Gasteiger partial charge in [-0.3, -0.25) is 9.78 Å². The average molecular weight is 281 g/mol. The summed E-state index contributed by atoms with van der Waals surface area (Å²) in [6.45, 7) is 6.82. The third-order valence-corrected chi connectivity index (χ3v) is 3.02. The zero-order chi connectivity index (χ0) is 15.1. The molecule has 0 radical (unpaired) electrons. The van der Waals surface area contributed by atoms with E-state index in [0.29, 0.717) is 18.7 Å². The highest BCUT2D eigenvalue weighted by Gasteiger charge is 2.06. The molecule has 2 aromatic rings. The standard InChI is InChI=1S/C17H19N3O/c1-3-8-19-16-9-15(11-18-12-16)17(21)20-10-14-6-4-13(2)5-7-14/h3-7,9,11-12,19H,1,8,10H2,2H3,(H,20,21). The number of rotatable bonds is 6. The van der Waals surface area contributed by atoms with Crippen LogP contribution in [0.15, 0.2) is 55.4 Å². The minimum atomic E-state index is -0.134. The van der Waals surface area contributed by atoms with Gasteiger partial charge in [-0.1, -0.05) is 35.9 Å². The second-order valence-corrected chi connectivity index (χ2v) is 4.80. The van der Waals surface area contributed by atoms with Gasteiger partial charge in [0.2, 0.25) is 0 Å². The summed E-state index contributed by atoms with van der Waals surface area (Å²) in [4.78, 5) is 16.2. The van der Waals surface area contributed by atoms with Crippen LogP contribution in [0.25, 0.3) is 0 Å². The van der Waals surface area contributed by atoms with Crippen LogP contribution >= 0.6 is 0 Å². The third-order valence-electron chi connectivity index (χ3n) is 3.02. The van der Waals surface area contributed by atoms with E-state index in [1.807, 2.05) is 31.2 Å². The van der Waals surface area contributed by atoms with Gasteiger partial charge in [0.1, 0.15) is 0 Å². The number of amides is 1. The van der Waals surface area contributed by atoms with Crippen LogP contribution in [0, 0.1) is 6.92 Å². The van der Waals surface area contributed by atoms with Gasteiger partial charge in [0.15, 0.2) is 0 Å². The summed E-state index contributed by atoms with van der Waals surface area (Å²) < 4.78 is 0. The summed E-state index contributed by atoms with van der Waals surface area (Å²) >= 11 is 0. The minimum absolute atomic E-state index is 0.134. The van der Waals surface area contributed by atoms with Gasteiger partial charge < -0.3 is 10.6 Å². The van der Waals surface area contributed by atoms with E-state index in [9.17, 15) is 4.79 Å². The Morgan fingerprint density at radius 1 is 1.29 bits per heavy atom. The molecule has 0 bridgehead atoms. The van der Waals surface area contributed by atoms with Gasteiger partial charge >= 0.3 is 0 Å². The topological polar surface area (TPSA) is 54.0 Å². The molecule has 21 heavy (non-hydrogen) atoms. The van der Waals surface area contributed by atoms with E-state index in [1.165, 1.54) is 5.56 Å². The van der Waals surface area contributed by atoms with Gasteiger partial charge in [0.25, 0.3) is 5.91 Å². The highest BCUT2D eigenvalue weighted by Crippen LogP contribution is 2.09. The largest absolute Gasteiger partial charge is 0.380 e. The zero-order valence-corrected chi connectivity index (χ0v) is 12.1. The SMILES string of the molecule is C=CCNc1cncc(C(=O)NCc2ccc(C)cc2)c1. The highest BCUT2D eigenvalue weighted by molar-refractivity contribution is 5.94. The highest BCUT2D eigenvalue weighted by atomic mass is 16.1. The Morgan fingerprint density at radius 2 is 2.05 bits per heavy atom. The molecule has 0 saturated carbocycles. The molecule has 1 amide bonds. The number of hydrogen-bond acceptors (Lipinski definition) is 3. The summed E-state index contributed by atoms with van der Waals surface area (Å²) in [5.74, 6) is -0.134. The van der Waals surface area contributed by atoms with E-state index in [-0.39, 0.29) is 5.91 Å². The number of carbonyl (C=O) groups is 1. The van der Waals surface area contributed by atoms with Crippen LogP contribution in [0.2, 0.25) is 0 Å². The Bertz CT molecular complexity index is 620. The molecular formula is C17H19N3O. The predicted molar refractivity (Wildman–Crippen MR) is 85.3 cm³/mol. The number of nitrogens with zero attached hydrogens (tertiary/aromatic N) is 1. The maximum atomic E-state index is 12.1. The Kier molecular flexibility index (Phi) is 5.10. The number of benzene rings is 1. The maximum Gasteiger partial charge on any atom is 0.253 e. The first kappa shape index (κ1) is 14.8. The molecule has 0 aliphatic heterocycles. The smallest absolute Gasteiger partial charge is 0.253 e. The molecule has 2 N–H and O–H groups in total. The Balaban J connectivity index is 1.96. The number of hydrogen-bond donors (Lipinski definition) is 2. The first-order valence-electron chi connectivity index (χ1n) is 6.82. The molecule has 0 aliphatic carbocycles. The van der Waals surface area contributed by atoms with Crippen molar-refractivity contribution in [3.05, 3.63) is 72.1 Å². The van der Waals surface area contributed by atoms with Crippen LogP contribution in [0.5, 0.6) is 0 Å². The molecule has 4 heteroatoms. The van der Waals surface area contributed by atoms with E-state index in [4.69, 9.17) is 0 Å². The van der Waals surface area contributed by atoms with Crippen LogP contribution in [-0.4, -0.2) is 17.4 Å². The van der Waals surface area contributed by atoms with Crippen molar-refractivity contribution in [3.63, 3.8) is 0 Å². The molecule has 1 aromatic heterocycles. The van der Waals surface area contributed by atoms with E-state index >= 15 is 0 Å². The van der Waals surface area contributed by atoms with Gasteiger partial charge in [0, 0.05) is 25.5 Å². The normalized spacial score (nSPS) is 9.95. The fraction of sp³-hybridized carbons (Fsp3) is 0.176. The molecule has 2 rings (SSSR count). The summed E-state index contributed by atoms with van der Waals surface area (Å²) in [7, 11) is 0. The average Bonchev–Trinajstić information content (AvgIpc) is 2.52. The summed E-state index contributed by atoms with van der Waals surface area (Å²) in [5.41, 5.74) is 3.62. The van der Waals surface area contributed by atoms with Gasteiger partial charge in [0.05, 0.1) is 11.3 Å². The van der Waals surface area contributed by atoms with Crippen LogP contribution in [-0.2, 0) is 6.54 Å². The lowest BCUT2D eigenvalue weighted by molar-refractivity contribution is 0.0950. The van der Waals surface area contributed by atoms with Gasteiger partial charge in [-0.2, -0.15) is 0 Å². The molecule has 4 nitrogen and oxygen atoms in total. The van der Waals surface area contributed by atoms with Crippen LogP contribution in [0.1, 0.15) is 21.5 Å². The van der Waals surface area contributed by atoms with Crippen LogP contribution < -0.4 is 10.6 Å². The van der Waals surface area contributed by atoms with Crippen molar-refractivity contribution in [2.24, 2.45) is 0 Å². The number of nitrogens with one attached hydrogen (secondary N) is 2. The van der Waals surface area contributed by atoms with Crippen molar-refractivity contribution < 1.29 is 4.79 Å². The van der Waals surface area contributed by atoms with Crippen molar-refractivity contribution in [1.29, 1.82) is 0 Å². The lowest BCUT2D eigenvalue weighted by Gasteiger charge is -2.08. The van der Waals surface area contributed by atoms with Crippen molar-refractivity contribution in [2.75, 3.05) is 11.9 Å².